The van der Waals surface area contributed by atoms with E-state index >= 15 is 0 Å². The Morgan fingerprint density at radius 1 is 0.977 bits per heavy atom. The third-order valence-corrected chi connectivity index (χ3v) is 8.82. The second-order valence-corrected chi connectivity index (χ2v) is 11.7. The highest BCUT2D eigenvalue weighted by Gasteiger charge is 2.39. The van der Waals surface area contributed by atoms with Crippen LogP contribution in [-0.4, -0.2) is 63.9 Å². The predicted molar refractivity (Wildman–Crippen MR) is 166 cm³/mol. The molecule has 10 nitrogen and oxygen atoms in total. The van der Waals surface area contributed by atoms with Crippen LogP contribution in [0.1, 0.15) is 53.6 Å². The van der Waals surface area contributed by atoms with Crippen LogP contribution in [0.5, 0.6) is 0 Å². The van der Waals surface area contributed by atoms with Crippen molar-refractivity contribution >= 4 is 29.5 Å². The topological polar surface area (TPSA) is 145 Å². The van der Waals surface area contributed by atoms with Crippen molar-refractivity contribution < 1.29 is 24.3 Å². The number of nitrogen functional groups attached to an aromatic ring is 1. The van der Waals surface area contributed by atoms with Gasteiger partial charge in [-0.25, -0.2) is 4.79 Å². The number of nitrogens with two attached hydrogens (primary N) is 1. The van der Waals surface area contributed by atoms with E-state index in [0.717, 1.165) is 46.4 Å². The number of fused-ring (bicyclic) bond motifs is 2. The van der Waals surface area contributed by atoms with Gasteiger partial charge in [0, 0.05) is 32.1 Å². The van der Waals surface area contributed by atoms with Crippen molar-refractivity contribution in [3.63, 3.8) is 0 Å². The molecule has 0 aromatic heterocycles. The quantitative estimate of drug-likeness (QED) is 0.293. The number of likely N-dealkylation sites (N-methyl/N-ethyl adjacent to an activating group) is 1. The molecular weight excluding hydrogens is 558 g/mol. The summed E-state index contributed by atoms with van der Waals surface area (Å²) in [4.78, 5) is 55.7. The summed E-state index contributed by atoms with van der Waals surface area (Å²) in [5, 5.41) is 15.4. The summed E-state index contributed by atoms with van der Waals surface area (Å²) in [6.45, 7) is 1.66. The average molecular weight is 598 g/mol. The van der Waals surface area contributed by atoms with E-state index in [1.165, 1.54) is 19.5 Å². The second-order valence-electron chi connectivity index (χ2n) is 11.7. The zero-order valence-electron chi connectivity index (χ0n) is 25.0. The number of carboxylic acid groups (broad SMARTS) is 1. The first-order valence-electron chi connectivity index (χ1n) is 15.0. The lowest BCUT2D eigenvalue weighted by Gasteiger charge is -2.39. The lowest BCUT2D eigenvalue weighted by molar-refractivity contribution is -0.145. The standard InChI is InChI=1S/C34H39N5O5/c1-21(38(2)34(43)44)31(40)37-29(18-22-14-16-26(35)17-15-22)33(42)39-20-25-10-4-3-9-24(25)19-30(39)32(41)36-28-13-7-11-23-8-5-6-12-27(23)28/h3-6,8-10,12,14-17,21,28-30H,7,11,13,18-20,35H2,1-2H3,(H,36,41)(H,37,40)(H,43,44)/t21-,28+,29-,30-/m0/s1. The smallest absolute Gasteiger partial charge is 0.407 e. The minimum atomic E-state index is -1.26. The predicted octanol–water partition coefficient (Wildman–Crippen LogP) is 3.44. The van der Waals surface area contributed by atoms with Crippen molar-refractivity contribution in [1.29, 1.82) is 0 Å². The first-order valence-corrected chi connectivity index (χ1v) is 15.0. The van der Waals surface area contributed by atoms with Crippen molar-refractivity contribution in [3.05, 3.63) is 101 Å². The average Bonchev–Trinajstić information content (AvgIpc) is 3.03. The number of nitrogens with zero attached hydrogens (tertiary/aromatic N) is 2. The lowest BCUT2D eigenvalue weighted by atomic mass is 9.87. The fourth-order valence-electron chi connectivity index (χ4n) is 6.08. The molecule has 10 heteroatoms. The van der Waals surface area contributed by atoms with Gasteiger partial charge in [-0.15, -0.1) is 0 Å². The van der Waals surface area contributed by atoms with Gasteiger partial charge < -0.3 is 26.4 Å². The number of hydrogen-bond donors (Lipinski definition) is 4. The number of carbonyl (C=O) groups excluding carboxylic acids is 3. The van der Waals surface area contributed by atoms with Gasteiger partial charge in [0.2, 0.25) is 17.7 Å². The van der Waals surface area contributed by atoms with Gasteiger partial charge in [0.1, 0.15) is 18.1 Å². The van der Waals surface area contributed by atoms with Crippen LogP contribution in [0, 0.1) is 0 Å². The number of benzene rings is 3. The Labute approximate surface area is 257 Å². The molecule has 0 unspecified atom stereocenters. The largest absolute Gasteiger partial charge is 0.465 e. The van der Waals surface area contributed by atoms with Crippen LogP contribution in [0.4, 0.5) is 10.5 Å². The summed E-state index contributed by atoms with van der Waals surface area (Å²) in [7, 11) is 1.30. The Morgan fingerprint density at radius 3 is 2.34 bits per heavy atom. The molecule has 0 spiro atoms. The fourth-order valence-corrected chi connectivity index (χ4v) is 6.08. The molecule has 3 aromatic carbocycles. The third-order valence-electron chi connectivity index (χ3n) is 8.82. The fraction of sp³-hybridized carbons (Fsp3) is 0.353. The highest BCUT2D eigenvalue weighted by atomic mass is 16.4. The van der Waals surface area contributed by atoms with Gasteiger partial charge in [0.25, 0.3) is 0 Å². The number of rotatable bonds is 8. The molecule has 1 heterocycles. The summed E-state index contributed by atoms with van der Waals surface area (Å²) in [5.74, 6) is -1.27. The third kappa shape index (κ3) is 6.69. The number of nitrogens with one attached hydrogen (secondary N) is 2. The molecule has 0 radical (unpaired) electrons. The zero-order chi connectivity index (χ0) is 31.4. The molecule has 44 heavy (non-hydrogen) atoms. The van der Waals surface area contributed by atoms with Gasteiger partial charge in [0.15, 0.2) is 0 Å². The lowest BCUT2D eigenvalue weighted by Crippen LogP contribution is -2.59. The molecule has 0 fully saturated rings. The van der Waals surface area contributed by atoms with E-state index in [0.29, 0.717) is 12.1 Å². The molecule has 4 amide bonds. The first-order chi connectivity index (χ1) is 21.1. The molecule has 3 aromatic rings. The van der Waals surface area contributed by atoms with E-state index < -0.39 is 36.0 Å². The maximum atomic E-state index is 14.4. The van der Waals surface area contributed by atoms with Gasteiger partial charge in [-0.3, -0.25) is 19.3 Å². The van der Waals surface area contributed by atoms with Crippen LogP contribution in [0.3, 0.4) is 0 Å². The van der Waals surface area contributed by atoms with Gasteiger partial charge in [-0.05, 0) is 66.1 Å². The monoisotopic (exact) mass is 597 g/mol. The Kier molecular flexibility index (Phi) is 9.18. The molecule has 2 aliphatic rings. The SMILES string of the molecule is C[C@@H](C(=O)N[C@@H](Cc1ccc(N)cc1)C(=O)N1Cc2ccccc2C[C@H]1C(=O)N[C@@H]1CCCc2ccccc21)N(C)C(=O)O. The molecule has 5 rings (SSSR count). The highest BCUT2D eigenvalue weighted by Crippen LogP contribution is 2.31. The van der Waals surface area contributed by atoms with Gasteiger partial charge in [-0.1, -0.05) is 60.7 Å². The van der Waals surface area contributed by atoms with Crippen LogP contribution in [0.25, 0.3) is 0 Å². The van der Waals surface area contributed by atoms with Crippen molar-refractivity contribution in [2.24, 2.45) is 0 Å². The van der Waals surface area contributed by atoms with Crippen LogP contribution in [0.15, 0.2) is 72.8 Å². The first kappa shape index (κ1) is 30.6. The second kappa shape index (κ2) is 13.2. The number of carbonyl (C=O) groups is 4. The number of amides is 4. The van der Waals surface area contributed by atoms with Crippen LogP contribution >= 0.6 is 0 Å². The van der Waals surface area contributed by atoms with Crippen LogP contribution in [0.2, 0.25) is 0 Å². The van der Waals surface area contributed by atoms with E-state index in [1.807, 2.05) is 42.5 Å². The minimum Gasteiger partial charge on any atom is -0.465 e. The molecule has 0 saturated heterocycles. The molecular formula is C34H39N5O5. The molecule has 1 aliphatic heterocycles. The summed E-state index contributed by atoms with van der Waals surface area (Å²) in [6.07, 6.45) is 1.94. The maximum absolute atomic E-state index is 14.4. The van der Waals surface area contributed by atoms with E-state index in [1.54, 1.807) is 29.2 Å². The van der Waals surface area contributed by atoms with E-state index in [2.05, 4.69) is 16.7 Å². The van der Waals surface area contributed by atoms with E-state index in [4.69, 9.17) is 5.73 Å². The minimum absolute atomic E-state index is 0.136. The van der Waals surface area contributed by atoms with Crippen molar-refractivity contribution in [3.8, 4) is 0 Å². The molecule has 0 saturated carbocycles. The van der Waals surface area contributed by atoms with Crippen LogP contribution in [-0.2, 0) is 40.2 Å². The van der Waals surface area contributed by atoms with Crippen molar-refractivity contribution in [2.75, 3.05) is 12.8 Å². The molecule has 230 valence electrons. The summed E-state index contributed by atoms with van der Waals surface area (Å²) in [6, 6.07) is 19.8. The maximum Gasteiger partial charge on any atom is 0.407 e. The van der Waals surface area contributed by atoms with Crippen molar-refractivity contribution in [2.45, 2.75) is 69.7 Å². The Bertz CT molecular complexity index is 1540. The van der Waals surface area contributed by atoms with Gasteiger partial charge in [0.05, 0.1) is 6.04 Å². The number of hydrogen-bond acceptors (Lipinski definition) is 5. The van der Waals surface area contributed by atoms with Crippen LogP contribution < -0.4 is 16.4 Å². The van der Waals surface area contributed by atoms with Gasteiger partial charge >= 0.3 is 6.09 Å². The van der Waals surface area contributed by atoms with E-state index in [-0.39, 0.29) is 24.9 Å². The molecule has 0 bridgehead atoms. The van der Waals surface area contributed by atoms with Crippen molar-refractivity contribution in [1.82, 2.24) is 20.4 Å². The molecule has 1 aliphatic carbocycles. The zero-order valence-corrected chi connectivity index (χ0v) is 25.0. The molecule has 4 atom stereocenters. The molecule has 5 N–H and O–H groups in total. The summed E-state index contributed by atoms with van der Waals surface area (Å²) >= 11 is 0. The Balaban J connectivity index is 1.44. The highest BCUT2D eigenvalue weighted by molar-refractivity contribution is 5.94. The normalized spacial score (nSPS) is 18.6. The number of aryl methyl sites for hydroxylation is 1. The Hall–Kier alpha value is -4.86. The Morgan fingerprint density at radius 2 is 1.64 bits per heavy atom. The summed E-state index contributed by atoms with van der Waals surface area (Å²) < 4.78 is 0. The van der Waals surface area contributed by atoms with E-state index in [9.17, 15) is 24.3 Å². The van der Waals surface area contributed by atoms with Gasteiger partial charge in [-0.2, -0.15) is 0 Å². The summed E-state index contributed by atoms with van der Waals surface area (Å²) in [5.41, 5.74) is 11.4. The number of anilines is 1.